The highest BCUT2D eigenvalue weighted by Crippen LogP contribution is 2.41. The van der Waals surface area contributed by atoms with Crippen LogP contribution in [0.2, 0.25) is 0 Å². The van der Waals surface area contributed by atoms with Gasteiger partial charge in [-0.25, -0.2) is 4.79 Å². The van der Waals surface area contributed by atoms with Gasteiger partial charge in [-0.05, 0) is 23.3 Å². The van der Waals surface area contributed by atoms with Crippen LogP contribution in [-0.4, -0.2) is 75.0 Å². The van der Waals surface area contributed by atoms with E-state index in [1.54, 1.807) is 43.5 Å². The van der Waals surface area contributed by atoms with Crippen LogP contribution in [0.25, 0.3) is 0 Å². The number of benzene rings is 1. The summed E-state index contributed by atoms with van der Waals surface area (Å²) in [5.74, 6) is -0.588. The number of nitrogen functional groups attached to an aromatic ring is 1. The van der Waals surface area contributed by atoms with Crippen molar-refractivity contribution in [1.29, 1.82) is 0 Å². The van der Waals surface area contributed by atoms with Gasteiger partial charge in [0, 0.05) is 23.2 Å². The number of nitrogens with two attached hydrogens (primary N) is 1. The Hall–Kier alpha value is -3.62. The van der Waals surface area contributed by atoms with E-state index in [-0.39, 0.29) is 34.9 Å². The molecule has 3 heterocycles. The van der Waals surface area contributed by atoms with Crippen LogP contribution in [0.4, 0.5) is 5.13 Å². The Kier molecular flexibility index (Phi) is 8.86. The summed E-state index contributed by atoms with van der Waals surface area (Å²) in [7, 11) is 2.83. The Morgan fingerprint density at radius 3 is 2.71 bits per heavy atom. The SMILES string of the molecule is CO/N=C(/C(=O)N[C@@H]1C(=O)N2C(C(=O)OCc3ccc(OC)cc3)=C(/C=C\CCl)CS[C@H]12)c1nsc(N)n1. The highest BCUT2D eigenvalue weighted by molar-refractivity contribution is 8.00. The van der Waals surface area contributed by atoms with Gasteiger partial charge in [0.05, 0.1) is 7.11 Å². The van der Waals surface area contributed by atoms with Gasteiger partial charge in [-0.3, -0.25) is 14.5 Å². The van der Waals surface area contributed by atoms with Gasteiger partial charge in [0.1, 0.15) is 36.6 Å². The second-order valence-electron chi connectivity index (χ2n) is 7.79. The maximum absolute atomic E-state index is 13.2. The number of anilines is 1. The second kappa shape index (κ2) is 12.3. The number of β-lactam (4-membered cyclic amide) rings is 1. The van der Waals surface area contributed by atoms with Gasteiger partial charge in [0.2, 0.25) is 11.5 Å². The van der Waals surface area contributed by atoms with E-state index in [4.69, 9.17) is 31.6 Å². The highest BCUT2D eigenvalue weighted by atomic mass is 35.5. The smallest absolute Gasteiger partial charge is 0.355 e. The first kappa shape index (κ1) is 27.4. The van der Waals surface area contributed by atoms with Crippen molar-refractivity contribution in [3.8, 4) is 5.75 Å². The van der Waals surface area contributed by atoms with Gasteiger partial charge >= 0.3 is 5.97 Å². The predicted molar refractivity (Wildman–Crippen MR) is 143 cm³/mol. The number of halogens is 1. The number of esters is 1. The molecule has 0 radical (unpaired) electrons. The number of hydrogen-bond donors (Lipinski definition) is 2. The van der Waals surface area contributed by atoms with Gasteiger partial charge in [-0.15, -0.1) is 23.4 Å². The quantitative estimate of drug-likeness (QED) is 0.140. The van der Waals surface area contributed by atoms with Gasteiger partial charge in [0.25, 0.3) is 11.8 Å². The van der Waals surface area contributed by atoms with E-state index in [9.17, 15) is 14.4 Å². The number of amides is 2. The van der Waals surface area contributed by atoms with Crippen LogP contribution in [0, 0.1) is 0 Å². The highest BCUT2D eigenvalue weighted by Gasteiger charge is 2.54. The lowest BCUT2D eigenvalue weighted by Crippen LogP contribution is -2.71. The zero-order chi connectivity index (χ0) is 27.2. The summed E-state index contributed by atoms with van der Waals surface area (Å²) in [5, 5.41) is 5.93. The Bertz CT molecular complexity index is 1310. The molecule has 200 valence electrons. The van der Waals surface area contributed by atoms with Crippen molar-refractivity contribution >= 4 is 63.5 Å². The summed E-state index contributed by atoms with van der Waals surface area (Å²) < 4.78 is 14.7. The first-order valence-electron chi connectivity index (χ1n) is 11.1. The van der Waals surface area contributed by atoms with Crippen LogP contribution in [-0.2, 0) is 30.6 Å². The Morgan fingerprint density at radius 1 is 1.32 bits per heavy atom. The molecule has 38 heavy (non-hydrogen) atoms. The number of aromatic nitrogens is 2. The number of rotatable bonds is 10. The Morgan fingerprint density at radius 2 is 2.08 bits per heavy atom. The molecule has 2 aromatic rings. The first-order valence-corrected chi connectivity index (χ1v) is 13.5. The molecule has 0 spiro atoms. The molecule has 0 aliphatic carbocycles. The van der Waals surface area contributed by atoms with Crippen LogP contribution in [0.1, 0.15) is 11.4 Å². The number of hydrogen-bond acceptors (Lipinski definition) is 12. The molecule has 1 aromatic heterocycles. The summed E-state index contributed by atoms with van der Waals surface area (Å²) in [6.45, 7) is -0.000549. The first-order chi connectivity index (χ1) is 18.4. The number of oxime groups is 1. The maximum Gasteiger partial charge on any atom is 0.355 e. The third-order valence-electron chi connectivity index (χ3n) is 5.47. The van der Waals surface area contributed by atoms with E-state index in [1.807, 2.05) is 0 Å². The topological polar surface area (TPSA) is 158 Å². The van der Waals surface area contributed by atoms with Crippen molar-refractivity contribution in [2.45, 2.75) is 18.0 Å². The van der Waals surface area contributed by atoms with E-state index in [1.165, 1.54) is 23.8 Å². The predicted octanol–water partition coefficient (Wildman–Crippen LogP) is 1.67. The lowest BCUT2D eigenvalue weighted by atomic mass is 10.0. The Balaban J connectivity index is 1.50. The van der Waals surface area contributed by atoms with E-state index in [0.717, 1.165) is 17.1 Å². The molecule has 2 aliphatic heterocycles. The fourth-order valence-corrected chi connectivity index (χ4v) is 5.54. The number of fused-ring (bicyclic) bond motifs is 1. The van der Waals surface area contributed by atoms with E-state index in [2.05, 4.69) is 19.8 Å². The van der Waals surface area contributed by atoms with Crippen LogP contribution < -0.4 is 15.8 Å². The van der Waals surface area contributed by atoms with Crippen LogP contribution in [0.5, 0.6) is 5.75 Å². The van der Waals surface area contributed by atoms with Crippen molar-refractivity contribution in [3.63, 3.8) is 0 Å². The van der Waals surface area contributed by atoms with Gasteiger partial charge in [-0.1, -0.05) is 29.4 Å². The lowest BCUT2D eigenvalue weighted by molar-refractivity contribution is -0.153. The average molecular weight is 579 g/mol. The van der Waals surface area contributed by atoms with Gasteiger partial charge in [0.15, 0.2) is 5.13 Å². The number of nitrogens with zero attached hydrogens (tertiary/aromatic N) is 4. The molecule has 0 saturated carbocycles. The normalized spacial score (nSPS) is 19.2. The molecule has 1 saturated heterocycles. The number of ether oxygens (including phenoxy) is 2. The molecule has 0 bridgehead atoms. The molecule has 2 aliphatic rings. The van der Waals surface area contributed by atoms with Crippen LogP contribution in [0.15, 0.2) is 52.8 Å². The molecular formula is C23H23ClN6O6S2. The zero-order valence-electron chi connectivity index (χ0n) is 20.3. The summed E-state index contributed by atoms with van der Waals surface area (Å²) in [5.41, 5.74) is 6.83. The molecule has 2 amide bonds. The minimum absolute atomic E-state index is 0.000549. The third kappa shape index (κ3) is 5.76. The van der Waals surface area contributed by atoms with Crippen molar-refractivity contribution in [2.75, 3.05) is 31.6 Å². The molecule has 1 fully saturated rings. The molecule has 1 aromatic carbocycles. The standard InChI is InChI=1S/C23H23ClN6O6S2/c1-34-14-7-5-12(6-8-14)10-36-22(33)17-13(4-3-9-24)11-37-21-16(20(32)30(17)21)26-19(31)15(28-35-2)18-27-23(25)38-29-18/h3-8,16,21H,9-11H2,1-2H3,(H,26,31)(H2,25,27,29)/b4-3-,28-15+/t16-,21-/m1/s1. The summed E-state index contributed by atoms with van der Waals surface area (Å²) in [4.78, 5) is 49.4. The minimum Gasteiger partial charge on any atom is -0.497 e. The molecule has 4 rings (SSSR count). The van der Waals surface area contributed by atoms with E-state index < -0.39 is 29.2 Å². The Labute approximate surface area is 231 Å². The molecule has 2 atom stereocenters. The molecule has 15 heteroatoms. The number of carbonyl (C=O) groups is 3. The number of thioether (sulfide) groups is 1. The van der Waals surface area contributed by atoms with Gasteiger partial charge < -0.3 is 25.4 Å². The largest absolute Gasteiger partial charge is 0.497 e. The number of allylic oxidation sites excluding steroid dienone is 2. The minimum atomic E-state index is -0.923. The monoisotopic (exact) mass is 578 g/mol. The number of nitrogens with one attached hydrogen (secondary N) is 1. The van der Waals surface area contributed by atoms with Crippen LogP contribution >= 0.6 is 34.9 Å². The van der Waals surface area contributed by atoms with E-state index in [0.29, 0.717) is 17.1 Å². The molecule has 0 unspecified atom stereocenters. The van der Waals surface area contributed by atoms with Crippen molar-refractivity contribution in [1.82, 2.24) is 19.6 Å². The maximum atomic E-state index is 13.2. The zero-order valence-corrected chi connectivity index (χ0v) is 22.6. The molecule has 3 N–H and O–H groups in total. The lowest BCUT2D eigenvalue weighted by Gasteiger charge is -2.49. The van der Waals surface area contributed by atoms with Gasteiger partial charge in [-0.2, -0.15) is 9.36 Å². The average Bonchev–Trinajstić information content (AvgIpc) is 3.37. The second-order valence-corrected chi connectivity index (χ2v) is 9.99. The van der Waals surface area contributed by atoms with Crippen molar-refractivity contribution in [2.24, 2.45) is 5.16 Å². The fraction of sp³-hybridized carbons (Fsp3) is 0.304. The fourth-order valence-electron chi connectivity index (χ4n) is 3.70. The van der Waals surface area contributed by atoms with Crippen molar-refractivity contribution < 1.29 is 28.7 Å². The number of carbonyl (C=O) groups excluding carboxylic acids is 3. The van der Waals surface area contributed by atoms with Crippen molar-refractivity contribution in [3.05, 3.63) is 59.1 Å². The summed E-state index contributed by atoms with van der Waals surface area (Å²) in [6.07, 6.45) is 3.37. The third-order valence-corrected chi connectivity index (χ3v) is 7.49. The number of methoxy groups -OCH3 is 1. The summed E-state index contributed by atoms with van der Waals surface area (Å²) >= 11 is 8.08. The van der Waals surface area contributed by atoms with Crippen LogP contribution in [0.3, 0.4) is 0 Å². The number of alkyl halides is 1. The van der Waals surface area contributed by atoms with E-state index >= 15 is 0 Å². The molecule has 12 nitrogen and oxygen atoms in total. The summed E-state index contributed by atoms with van der Waals surface area (Å²) in [6, 6.07) is 6.14. The molecular weight excluding hydrogens is 556 g/mol.